The normalized spacial score (nSPS) is 16.6. The minimum absolute atomic E-state index is 0.749. The summed E-state index contributed by atoms with van der Waals surface area (Å²) in [6.45, 7) is 4.47. The summed E-state index contributed by atoms with van der Waals surface area (Å²) in [5.74, 6) is 1.66. The van der Waals surface area contributed by atoms with Gasteiger partial charge in [0.05, 0.1) is 12.8 Å². The molecule has 1 heterocycles. The molecule has 1 aliphatic rings. The third-order valence-corrected chi connectivity index (χ3v) is 2.61. The first-order chi connectivity index (χ1) is 6.70. The predicted octanol–water partition coefficient (Wildman–Crippen LogP) is 1.73. The van der Waals surface area contributed by atoms with Crippen molar-refractivity contribution in [3.63, 3.8) is 0 Å². The molecular weight excluding hydrogens is 176 g/mol. The Labute approximate surface area is 84.5 Å². The number of nitrogens with zero attached hydrogens (tertiary/aromatic N) is 1. The number of ether oxygens (including phenoxy) is 1. The molecule has 2 rings (SSSR count). The molecule has 0 amide bonds. The van der Waals surface area contributed by atoms with Crippen LogP contribution >= 0.6 is 0 Å². The molecule has 14 heavy (non-hydrogen) atoms. The summed E-state index contributed by atoms with van der Waals surface area (Å²) in [7, 11) is 1.68. The standard InChI is InChI=1S/C11H16N2O/c1-8-6-13(7-8)10-4-3-9(12)5-11(10)14-2/h3-5,8H,6-7,12H2,1-2H3. The van der Waals surface area contributed by atoms with Crippen molar-refractivity contribution in [2.45, 2.75) is 6.92 Å². The molecule has 1 aliphatic heterocycles. The van der Waals surface area contributed by atoms with Gasteiger partial charge in [0, 0.05) is 24.8 Å². The Kier molecular flexibility index (Phi) is 2.23. The van der Waals surface area contributed by atoms with Crippen LogP contribution in [0, 0.1) is 5.92 Å². The number of methoxy groups -OCH3 is 1. The average Bonchev–Trinajstić information content (AvgIpc) is 2.13. The van der Waals surface area contributed by atoms with Crippen molar-refractivity contribution in [1.29, 1.82) is 0 Å². The molecule has 0 unspecified atom stereocenters. The first-order valence-electron chi connectivity index (χ1n) is 4.89. The number of benzene rings is 1. The van der Waals surface area contributed by atoms with Gasteiger partial charge in [0.2, 0.25) is 0 Å². The van der Waals surface area contributed by atoms with E-state index in [1.807, 2.05) is 18.2 Å². The van der Waals surface area contributed by atoms with E-state index in [4.69, 9.17) is 10.5 Å². The molecule has 0 atom stereocenters. The van der Waals surface area contributed by atoms with Crippen LogP contribution < -0.4 is 15.4 Å². The van der Waals surface area contributed by atoms with Crippen LogP contribution in [0.1, 0.15) is 6.92 Å². The number of hydrogen-bond acceptors (Lipinski definition) is 3. The van der Waals surface area contributed by atoms with Crippen LogP contribution in [0.15, 0.2) is 18.2 Å². The molecule has 0 saturated carbocycles. The summed E-state index contributed by atoms with van der Waals surface area (Å²) in [6.07, 6.45) is 0. The zero-order chi connectivity index (χ0) is 10.1. The summed E-state index contributed by atoms with van der Waals surface area (Å²) in [4.78, 5) is 2.31. The highest BCUT2D eigenvalue weighted by Crippen LogP contribution is 2.34. The lowest BCUT2D eigenvalue weighted by molar-refractivity contribution is 0.400. The largest absolute Gasteiger partial charge is 0.495 e. The SMILES string of the molecule is COc1cc(N)ccc1N1CC(C)C1. The number of nitrogen functional groups attached to an aromatic ring is 1. The molecule has 3 nitrogen and oxygen atoms in total. The summed E-state index contributed by atoms with van der Waals surface area (Å²) < 4.78 is 5.30. The van der Waals surface area contributed by atoms with Crippen LogP contribution in [0.4, 0.5) is 11.4 Å². The van der Waals surface area contributed by atoms with Crippen molar-refractivity contribution in [2.24, 2.45) is 5.92 Å². The smallest absolute Gasteiger partial charge is 0.144 e. The molecule has 0 bridgehead atoms. The lowest BCUT2D eigenvalue weighted by atomic mass is 10.0. The fraction of sp³-hybridized carbons (Fsp3) is 0.455. The van der Waals surface area contributed by atoms with Crippen molar-refractivity contribution in [1.82, 2.24) is 0 Å². The maximum absolute atomic E-state index is 5.69. The molecule has 3 heteroatoms. The van der Waals surface area contributed by atoms with Gasteiger partial charge in [-0.2, -0.15) is 0 Å². The second-order valence-electron chi connectivity index (χ2n) is 3.94. The Hall–Kier alpha value is -1.38. The highest BCUT2D eigenvalue weighted by Gasteiger charge is 2.24. The van der Waals surface area contributed by atoms with Gasteiger partial charge in [0.1, 0.15) is 5.75 Å². The second kappa shape index (κ2) is 3.40. The molecule has 0 aliphatic carbocycles. The van der Waals surface area contributed by atoms with Crippen LogP contribution in [0.2, 0.25) is 0 Å². The Balaban J connectivity index is 2.24. The van der Waals surface area contributed by atoms with Gasteiger partial charge in [-0.1, -0.05) is 6.92 Å². The lowest BCUT2D eigenvalue weighted by Gasteiger charge is -2.39. The van der Waals surface area contributed by atoms with E-state index in [1.165, 1.54) is 0 Å². The molecule has 2 N–H and O–H groups in total. The van der Waals surface area contributed by atoms with E-state index in [0.717, 1.165) is 36.1 Å². The molecule has 76 valence electrons. The number of anilines is 2. The molecule has 0 spiro atoms. The van der Waals surface area contributed by atoms with Crippen LogP contribution in [0.25, 0.3) is 0 Å². The summed E-state index contributed by atoms with van der Waals surface area (Å²) in [5.41, 5.74) is 7.59. The maximum atomic E-state index is 5.69. The van der Waals surface area contributed by atoms with Gasteiger partial charge in [-0.25, -0.2) is 0 Å². The molecule has 1 fully saturated rings. The summed E-state index contributed by atoms with van der Waals surface area (Å²) in [6, 6.07) is 5.82. The van der Waals surface area contributed by atoms with E-state index < -0.39 is 0 Å². The van der Waals surface area contributed by atoms with Crippen molar-refractivity contribution in [2.75, 3.05) is 30.8 Å². The van der Waals surface area contributed by atoms with Gasteiger partial charge in [-0.15, -0.1) is 0 Å². The molecule has 1 aromatic carbocycles. The van der Waals surface area contributed by atoms with Gasteiger partial charge in [-0.3, -0.25) is 0 Å². The second-order valence-corrected chi connectivity index (χ2v) is 3.94. The number of rotatable bonds is 2. The zero-order valence-electron chi connectivity index (χ0n) is 8.66. The van der Waals surface area contributed by atoms with Crippen LogP contribution in [0.3, 0.4) is 0 Å². The fourth-order valence-corrected chi connectivity index (χ4v) is 1.85. The number of hydrogen-bond donors (Lipinski definition) is 1. The highest BCUT2D eigenvalue weighted by atomic mass is 16.5. The van der Waals surface area contributed by atoms with Crippen molar-refractivity contribution >= 4 is 11.4 Å². The van der Waals surface area contributed by atoms with Crippen LogP contribution in [-0.2, 0) is 0 Å². The van der Waals surface area contributed by atoms with Crippen molar-refractivity contribution in [3.05, 3.63) is 18.2 Å². The number of nitrogens with two attached hydrogens (primary N) is 1. The van der Waals surface area contributed by atoms with E-state index in [-0.39, 0.29) is 0 Å². The Bertz CT molecular complexity index is 332. The monoisotopic (exact) mass is 192 g/mol. The van der Waals surface area contributed by atoms with Gasteiger partial charge < -0.3 is 15.4 Å². The molecule has 1 aromatic rings. The van der Waals surface area contributed by atoms with E-state index >= 15 is 0 Å². The van der Waals surface area contributed by atoms with Crippen molar-refractivity contribution < 1.29 is 4.74 Å². The quantitative estimate of drug-likeness (QED) is 0.725. The molecule has 0 radical (unpaired) electrons. The zero-order valence-corrected chi connectivity index (χ0v) is 8.66. The van der Waals surface area contributed by atoms with Gasteiger partial charge in [0.15, 0.2) is 0 Å². The third kappa shape index (κ3) is 1.50. The molecular formula is C11H16N2O. The first-order valence-corrected chi connectivity index (χ1v) is 4.89. The van der Waals surface area contributed by atoms with E-state index in [0.29, 0.717) is 0 Å². The van der Waals surface area contributed by atoms with Crippen molar-refractivity contribution in [3.8, 4) is 5.75 Å². The topological polar surface area (TPSA) is 38.5 Å². The summed E-state index contributed by atoms with van der Waals surface area (Å²) in [5, 5.41) is 0. The fourth-order valence-electron chi connectivity index (χ4n) is 1.85. The Morgan fingerprint density at radius 1 is 1.43 bits per heavy atom. The Morgan fingerprint density at radius 2 is 2.14 bits per heavy atom. The van der Waals surface area contributed by atoms with Gasteiger partial charge in [0.25, 0.3) is 0 Å². The lowest BCUT2D eigenvalue weighted by Crippen LogP contribution is -2.45. The van der Waals surface area contributed by atoms with E-state index in [9.17, 15) is 0 Å². The van der Waals surface area contributed by atoms with E-state index in [2.05, 4.69) is 11.8 Å². The minimum atomic E-state index is 0.749. The predicted molar refractivity (Wildman–Crippen MR) is 58.8 cm³/mol. The summed E-state index contributed by atoms with van der Waals surface area (Å²) >= 11 is 0. The average molecular weight is 192 g/mol. The minimum Gasteiger partial charge on any atom is -0.495 e. The van der Waals surface area contributed by atoms with Gasteiger partial charge in [-0.05, 0) is 18.1 Å². The molecule has 0 aromatic heterocycles. The molecule has 1 saturated heterocycles. The first kappa shape index (κ1) is 9.19. The van der Waals surface area contributed by atoms with E-state index in [1.54, 1.807) is 7.11 Å². The van der Waals surface area contributed by atoms with Crippen LogP contribution in [-0.4, -0.2) is 20.2 Å². The highest BCUT2D eigenvalue weighted by molar-refractivity contribution is 5.65. The van der Waals surface area contributed by atoms with Crippen LogP contribution in [0.5, 0.6) is 5.75 Å². The van der Waals surface area contributed by atoms with Gasteiger partial charge >= 0.3 is 0 Å². The maximum Gasteiger partial charge on any atom is 0.144 e. The third-order valence-electron chi connectivity index (χ3n) is 2.61. The Morgan fingerprint density at radius 3 is 2.71 bits per heavy atom.